The molecule has 1 heterocycles. The third-order valence-electron chi connectivity index (χ3n) is 6.10. The number of hydrogen-bond donors (Lipinski definition) is 2. The fraction of sp³-hybridized carbons (Fsp3) is 0.143. The molecule has 34 heavy (non-hydrogen) atoms. The summed E-state index contributed by atoms with van der Waals surface area (Å²) in [6, 6.07) is 23.6. The Hall–Kier alpha value is -4.19. The third-order valence-corrected chi connectivity index (χ3v) is 6.10. The van der Waals surface area contributed by atoms with E-state index in [-0.39, 0.29) is 17.3 Å². The van der Waals surface area contributed by atoms with Gasteiger partial charge in [-0.3, -0.25) is 4.79 Å². The second kappa shape index (κ2) is 9.75. The van der Waals surface area contributed by atoms with Gasteiger partial charge < -0.3 is 15.5 Å². The highest BCUT2D eigenvalue weighted by molar-refractivity contribution is 6.00. The number of hydrogen-bond acceptors (Lipinski definition) is 4. The Labute approximate surface area is 197 Å². The van der Waals surface area contributed by atoms with Crippen molar-refractivity contribution in [1.82, 2.24) is 4.57 Å². The summed E-state index contributed by atoms with van der Waals surface area (Å²) in [5.74, 6) is -0.489. The first kappa shape index (κ1) is 23.0. The van der Waals surface area contributed by atoms with E-state index in [4.69, 9.17) is 5.73 Å². The standard InChI is InChI=1S/C28H26FN3O2/c1-18-15-23(29)10-13-25(18)26(16-27(31-34)22-9-14-28(33)32(2)17-22)21-5-3-19(4-6-21)20-7-11-24(30)12-8-20/h3-15,17,26,34H,16,30H2,1-2H3/b31-27+. The molecule has 4 aromatic rings. The summed E-state index contributed by atoms with van der Waals surface area (Å²) in [6.07, 6.45) is 2.01. The molecule has 4 rings (SSSR count). The van der Waals surface area contributed by atoms with E-state index in [9.17, 15) is 14.4 Å². The molecular weight excluding hydrogens is 429 g/mol. The maximum Gasteiger partial charge on any atom is 0.250 e. The number of nitrogens with zero attached hydrogens (tertiary/aromatic N) is 2. The summed E-state index contributed by atoms with van der Waals surface area (Å²) >= 11 is 0. The zero-order chi connectivity index (χ0) is 24.2. The van der Waals surface area contributed by atoms with Gasteiger partial charge in [0, 0.05) is 42.9 Å². The molecule has 1 unspecified atom stereocenters. The number of halogens is 1. The van der Waals surface area contributed by atoms with E-state index in [0.717, 1.165) is 27.8 Å². The molecule has 172 valence electrons. The minimum atomic E-state index is -0.298. The summed E-state index contributed by atoms with van der Waals surface area (Å²) in [4.78, 5) is 11.8. The summed E-state index contributed by atoms with van der Waals surface area (Å²) in [5.41, 5.74) is 12.3. The van der Waals surface area contributed by atoms with E-state index in [1.165, 1.54) is 22.8 Å². The topological polar surface area (TPSA) is 80.6 Å². The second-order valence-corrected chi connectivity index (χ2v) is 8.42. The molecule has 0 aliphatic carbocycles. The largest absolute Gasteiger partial charge is 0.411 e. The molecule has 0 bridgehead atoms. The van der Waals surface area contributed by atoms with Crippen LogP contribution in [0.15, 0.2) is 95.0 Å². The van der Waals surface area contributed by atoms with Gasteiger partial charge in [0.05, 0.1) is 5.71 Å². The van der Waals surface area contributed by atoms with Crippen LogP contribution in [-0.4, -0.2) is 15.5 Å². The zero-order valence-electron chi connectivity index (χ0n) is 19.1. The van der Waals surface area contributed by atoms with Gasteiger partial charge in [-0.25, -0.2) is 4.39 Å². The van der Waals surface area contributed by atoms with Crippen molar-refractivity contribution < 1.29 is 9.60 Å². The molecule has 5 nitrogen and oxygen atoms in total. The summed E-state index contributed by atoms with van der Waals surface area (Å²) in [6.45, 7) is 1.87. The van der Waals surface area contributed by atoms with Crippen LogP contribution in [-0.2, 0) is 7.05 Å². The van der Waals surface area contributed by atoms with Crippen LogP contribution in [0.1, 0.15) is 34.6 Å². The number of benzene rings is 3. The third kappa shape index (κ3) is 4.91. The Morgan fingerprint density at radius 2 is 1.65 bits per heavy atom. The number of nitrogens with two attached hydrogens (primary N) is 1. The van der Waals surface area contributed by atoms with Gasteiger partial charge >= 0.3 is 0 Å². The van der Waals surface area contributed by atoms with Crippen LogP contribution in [0.25, 0.3) is 11.1 Å². The van der Waals surface area contributed by atoms with Crippen LogP contribution in [0.4, 0.5) is 10.1 Å². The molecule has 1 atom stereocenters. The fourth-order valence-electron chi connectivity index (χ4n) is 4.20. The fourth-order valence-corrected chi connectivity index (χ4v) is 4.20. The second-order valence-electron chi connectivity index (χ2n) is 8.42. The quantitative estimate of drug-likeness (QED) is 0.175. The van der Waals surface area contributed by atoms with Crippen LogP contribution in [0, 0.1) is 12.7 Å². The van der Waals surface area contributed by atoms with Gasteiger partial charge in [0.15, 0.2) is 0 Å². The Morgan fingerprint density at radius 1 is 1.00 bits per heavy atom. The van der Waals surface area contributed by atoms with Gasteiger partial charge in [-0.2, -0.15) is 0 Å². The van der Waals surface area contributed by atoms with Gasteiger partial charge in [-0.1, -0.05) is 47.6 Å². The number of aromatic nitrogens is 1. The van der Waals surface area contributed by atoms with E-state index < -0.39 is 0 Å². The van der Waals surface area contributed by atoms with E-state index in [1.807, 2.05) is 55.5 Å². The van der Waals surface area contributed by atoms with E-state index in [2.05, 4.69) is 5.16 Å². The first-order chi connectivity index (χ1) is 16.4. The number of pyridine rings is 1. The maximum absolute atomic E-state index is 13.9. The van der Waals surface area contributed by atoms with Crippen molar-refractivity contribution in [3.63, 3.8) is 0 Å². The zero-order valence-corrected chi connectivity index (χ0v) is 19.1. The van der Waals surface area contributed by atoms with Crippen LogP contribution < -0.4 is 11.3 Å². The maximum atomic E-state index is 13.9. The highest BCUT2D eigenvalue weighted by Gasteiger charge is 2.21. The molecule has 3 N–H and O–H groups in total. The SMILES string of the molecule is Cc1cc(F)ccc1C(C/C(=N\O)c1ccc(=O)n(C)c1)c1ccc(-c2ccc(N)cc2)cc1. The predicted octanol–water partition coefficient (Wildman–Crippen LogP) is 5.48. The molecule has 0 amide bonds. The van der Waals surface area contributed by atoms with Gasteiger partial charge in [0.1, 0.15) is 5.82 Å². The minimum Gasteiger partial charge on any atom is -0.411 e. The normalized spacial score (nSPS) is 12.5. The molecule has 0 saturated carbocycles. The minimum absolute atomic E-state index is 0.148. The Bertz CT molecular complexity index is 1390. The summed E-state index contributed by atoms with van der Waals surface area (Å²) in [5, 5.41) is 13.4. The first-order valence-corrected chi connectivity index (χ1v) is 11.0. The van der Waals surface area contributed by atoms with Gasteiger partial charge in [0.2, 0.25) is 5.56 Å². The van der Waals surface area contributed by atoms with Gasteiger partial charge in [-0.05, 0) is 65.1 Å². The van der Waals surface area contributed by atoms with Gasteiger partial charge in [0.25, 0.3) is 0 Å². The van der Waals surface area contributed by atoms with Crippen LogP contribution in [0.5, 0.6) is 0 Å². The van der Waals surface area contributed by atoms with Crippen LogP contribution in [0.3, 0.4) is 0 Å². The molecule has 6 heteroatoms. The van der Waals surface area contributed by atoms with Crippen molar-refractivity contribution in [3.8, 4) is 11.1 Å². The van der Waals surface area contributed by atoms with Crippen molar-refractivity contribution in [2.45, 2.75) is 19.3 Å². The van der Waals surface area contributed by atoms with Crippen molar-refractivity contribution in [3.05, 3.63) is 123 Å². The molecule has 0 spiro atoms. The first-order valence-electron chi connectivity index (χ1n) is 11.0. The highest BCUT2D eigenvalue weighted by Crippen LogP contribution is 2.33. The number of oxime groups is 1. The van der Waals surface area contributed by atoms with Crippen molar-refractivity contribution >= 4 is 11.4 Å². The molecule has 1 aromatic heterocycles. The smallest absolute Gasteiger partial charge is 0.250 e. The lowest BCUT2D eigenvalue weighted by molar-refractivity contribution is 0.317. The Kier molecular flexibility index (Phi) is 6.59. The van der Waals surface area contributed by atoms with Crippen molar-refractivity contribution in [2.24, 2.45) is 12.2 Å². The average Bonchev–Trinajstić information content (AvgIpc) is 2.83. The van der Waals surface area contributed by atoms with E-state index in [0.29, 0.717) is 23.4 Å². The van der Waals surface area contributed by atoms with Crippen LogP contribution >= 0.6 is 0 Å². The molecule has 0 radical (unpaired) electrons. The van der Waals surface area contributed by atoms with E-state index >= 15 is 0 Å². The molecule has 0 aliphatic heterocycles. The lowest BCUT2D eigenvalue weighted by Crippen LogP contribution is -2.18. The number of anilines is 1. The summed E-state index contributed by atoms with van der Waals surface area (Å²) < 4.78 is 15.3. The van der Waals surface area contributed by atoms with Crippen molar-refractivity contribution in [1.29, 1.82) is 0 Å². The molecule has 3 aromatic carbocycles. The Balaban J connectivity index is 1.74. The monoisotopic (exact) mass is 455 g/mol. The average molecular weight is 456 g/mol. The Morgan fingerprint density at radius 3 is 2.24 bits per heavy atom. The molecular formula is C28H26FN3O2. The molecule has 0 saturated heterocycles. The van der Waals surface area contributed by atoms with Crippen LogP contribution in [0.2, 0.25) is 0 Å². The predicted molar refractivity (Wildman–Crippen MR) is 134 cm³/mol. The van der Waals surface area contributed by atoms with Gasteiger partial charge in [-0.15, -0.1) is 0 Å². The van der Waals surface area contributed by atoms with Crippen molar-refractivity contribution in [2.75, 3.05) is 5.73 Å². The lowest BCUT2D eigenvalue weighted by Gasteiger charge is -2.21. The van der Waals surface area contributed by atoms with E-state index in [1.54, 1.807) is 25.4 Å². The lowest BCUT2D eigenvalue weighted by atomic mass is 9.83. The number of aryl methyl sites for hydroxylation is 2. The number of nitrogen functional groups attached to an aromatic ring is 1. The molecule has 0 fully saturated rings. The number of rotatable bonds is 6. The molecule has 0 aliphatic rings. The summed E-state index contributed by atoms with van der Waals surface area (Å²) in [7, 11) is 1.65. The highest BCUT2D eigenvalue weighted by atomic mass is 19.1.